The zero-order valence-corrected chi connectivity index (χ0v) is 11.8. The standard InChI is InChI=1S/C15H13N5O2/c16-8-14-17-10-19(18-14)9-13(21)11-3-1-4-12(7-11)20-6-2-5-15(20)22/h1,3-4,7,10H,2,5-6,9H2. The number of anilines is 1. The lowest BCUT2D eigenvalue weighted by molar-refractivity contribution is -0.117. The van der Waals surface area contributed by atoms with Crippen LogP contribution >= 0.6 is 0 Å². The third-order valence-electron chi connectivity index (χ3n) is 3.50. The van der Waals surface area contributed by atoms with E-state index in [-0.39, 0.29) is 24.1 Å². The van der Waals surface area contributed by atoms with E-state index in [1.807, 2.05) is 12.1 Å². The fourth-order valence-corrected chi connectivity index (χ4v) is 2.43. The van der Waals surface area contributed by atoms with E-state index in [0.717, 1.165) is 12.1 Å². The van der Waals surface area contributed by atoms with Crippen molar-refractivity contribution in [3.63, 3.8) is 0 Å². The monoisotopic (exact) mass is 295 g/mol. The van der Waals surface area contributed by atoms with E-state index in [9.17, 15) is 9.59 Å². The number of carbonyl (C=O) groups is 2. The molecule has 1 fully saturated rings. The first-order valence-electron chi connectivity index (χ1n) is 6.90. The minimum absolute atomic E-state index is 0.00603. The molecule has 7 nitrogen and oxygen atoms in total. The number of rotatable bonds is 4. The molecule has 22 heavy (non-hydrogen) atoms. The first-order chi connectivity index (χ1) is 10.7. The van der Waals surface area contributed by atoms with E-state index in [4.69, 9.17) is 5.26 Å². The molecule has 0 unspecified atom stereocenters. The largest absolute Gasteiger partial charge is 0.312 e. The van der Waals surface area contributed by atoms with Crippen molar-refractivity contribution in [3.05, 3.63) is 42.0 Å². The molecule has 1 aliphatic heterocycles. The maximum atomic E-state index is 12.3. The lowest BCUT2D eigenvalue weighted by Crippen LogP contribution is -2.24. The van der Waals surface area contributed by atoms with Gasteiger partial charge in [-0.15, -0.1) is 5.10 Å². The van der Waals surface area contributed by atoms with Crippen LogP contribution in [0.1, 0.15) is 29.0 Å². The molecule has 7 heteroatoms. The Balaban J connectivity index is 1.78. The Morgan fingerprint density at radius 1 is 1.41 bits per heavy atom. The Morgan fingerprint density at radius 3 is 2.95 bits per heavy atom. The molecule has 0 N–H and O–H groups in total. The summed E-state index contributed by atoms with van der Waals surface area (Å²) in [7, 11) is 0. The number of nitrogens with zero attached hydrogens (tertiary/aromatic N) is 5. The van der Waals surface area contributed by atoms with Crippen LogP contribution in [0.5, 0.6) is 0 Å². The van der Waals surface area contributed by atoms with Crippen LogP contribution in [0.15, 0.2) is 30.6 Å². The van der Waals surface area contributed by atoms with Crippen molar-refractivity contribution < 1.29 is 9.59 Å². The number of aromatic nitrogens is 3. The molecule has 0 spiro atoms. The highest BCUT2D eigenvalue weighted by Crippen LogP contribution is 2.22. The number of hydrogen-bond donors (Lipinski definition) is 0. The van der Waals surface area contributed by atoms with Gasteiger partial charge in [-0.1, -0.05) is 12.1 Å². The van der Waals surface area contributed by atoms with Gasteiger partial charge >= 0.3 is 0 Å². The number of nitriles is 1. The van der Waals surface area contributed by atoms with Gasteiger partial charge in [0.1, 0.15) is 18.9 Å². The molecule has 1 amide bonds. The first kappa shape index (κ1) is 13.9. The summed E-state index contributed by atoms with van der Waals surface area (Å²) in [5, 5.41) is 12.5. The van der Waals surface area contributed by atoms with Gasteiger partial charge in [0.2, 0.25) is 5.91 Å². The van der Waals surface area contributed by atoms with Gasteiger partial charge in [0.25, 0.3) is 5.82 Å². The molecule has 0 atom stereocenters. The Hall–Kier alpha value is -3.01. The Labute approximate surface area is 126 Å². The molecule has 110 valence electrons. The van der Waals surface area contributed by atoms with Crippen LogP contribution in [0.3, 0.4) is 0 Å². The second-order valence-corrected chi connectivity index (χ2v) is 5.00. The normalized spacial score (nSPS) is 14.1. The summed E-state index contributed by atoms with van der Waals surface area (Å²) < 4.78 is 1.33. The quantitative estimate of drug-likeness (QED) is 0.789. The van der Waals surface area contributed by atoms with Crippen molar-refractivity contribution in [2.45, 2.75) is 19.4 Å². The van der Waals surface area contributed by atoms with Crippen LogP contribution in [0.4, 0.5) is 5.69 Å². The van der Waals surface area contributed by atoms with Gasteiger partial charge in [-0.2, -0.15) is 5.26 Å². The van der Waals surface area contributed by atoms with Gasteiger partial charge in [0.15, 0.2) is 5.78 Å². The topological polar surface area (TPSA) is 91.9 Å². The minimum Gasteiger partial charge on any atom is -0.312 e. The Morgan fingerprint density at radius 2 is 2.27 bits per heavy atom. The average Bonchev–Trinajstić information content (AvgIpc) is 3.16. The van der Waals surface area contributed by atoms with Crippen molar-refractivity contribution in [2.75, 3.05) is 11.4 Å². The zero-order chi connectivity index (χ0) is 15.5. The van der Waals surface area contributed by atoms with Crippen molar-refractivity contribution >= 4 is 17.4 Å². The van der Waals surface area contributed by atoms with Gasteiger partial charge in [0, 0.05) is 24.2 Å². The predicted molar refractivity (Wildman–Crippen MR) is 77.1 cm³/mol. The van der Waals surface area contributed by atoms with Crippen LogP contribution in [-0.2, 0) is 11.3 Å². The maximum absolute atomic E-state index is 12.3. The summed E-state index contributed by atoms with van der Waals surface area (Å²) in [6.45, 7) is 0.692. The van der Waals surface area contributed by atoms with Gasteiger partial charge in [-0.05, 0) is 18.6 Å². The molecule has 0 bridgehead atoms. The van der Waals surface area contributed by atoms with E-state index in [1.165, 1.54) is 11.0 Å². The number of carbonyl (C=O) groups excluding carboxylic acids is 2. The number of amides is 1. The second-order valence-electron chi connectivity index (χ2n) is 5.00. The third kappa shape index (κ3) is 2.72. The molecule has 0 aliphatic carbocycles. The number of benzene rings is 1. The van der Waals surface area contributed by atoms with Crippen molar-refractivity contribution in [1.82, 2.24) is 14.8 Å². The van der Waals surface area contributed by atoms with Crippen LogP contribution in [0, 0.1) is 11.3 Å². The highest BCUT2D eigenvalue weighted by Gasteiger charge is 2.22. The smallest absolute Gasteiger partial charge is 0.252 e. The van der Waals surface area contributed by atoms with E-state index in [1.54, 1.807) is 23.1 Å². The molecule has 0 saturated carbocycles. The highest BCUT2D eigenvalue weighted by atomic mass is 16.2. The molecule has 1 aromatic carbocycles. The molecule has 0 radical (unpaired) electrons. The van der Waals surface area contributed by atoms with Crippen LogP contribution in [0.2, 0.25) is 0 Å². The fraction of sp³-hybridized carbons (Fsp3) is 0.267. The fourth-order valence-electron chi connectivity index (χ4n) is 2.43. The van der Waals surface area contributed by atoms with Crippen LogP contribution < -0.4 is 4.90 Å². The van der Waals surface area contributed by atoms with E-state index in [0.29, 0.717) is 18.5 Å². The SMILES string of the molecule is N#Cc1ncn(CC(=O)c2cccc(N3CCCC3=O)c2)n1. The first-order valence-corrected chi connectivity index (χ1v) is 6.90. The Bertz CT molecular complexity index is 774. The molecule has 3 rings (SSSR count). The molecule has 2 heterocycles. The number of Topliss-reactive ketones (excluding diaryl/α,β-unsaturated/α-hetero) is 1. The third-order valence-corrected chi connectivity index (χ3v) is 3.50. The summed E-state index contributed by atoms with van der Waals surface area (Å²) in [4.78, 5) is 29.5. The lowest BCUT2D eigenvalue weighted by Gasteiger charge is -2.16. The van der Waals surface area contributed by atoms with E-state index >= 15 is 0 Å². The minimum atomic E-state index is -0.150. The van der Waals surface area contributed by atoms with Gasteiger partial charge in [-0.25, -0.2) is 9.67 Å². The van der Waals surface area contributed by atoms with Crippen LogP contribution in [0.25, 0.3) is 0 Å². The average molecular weight is 295 g/mol. The van der Waals surface area contributed by atoms with Gasteiger partial charge < -0.3 is 4.90 Å². The molecular weight excluding hydrogens is 282 g/mol. The van der Waals surface area contributed by atoms with Crippen molar-refractivity contribution in [2.24, 2.45) is 0 Å². The predicted octanol–water partition coefficient (Wildman–Crippen LogP) is 1.16. The van der Waals surface area contributed by atoms with Crippen molar-refractivity contribution in [3.8, 4) is 6.07 Å². The Kier molecular flexibility index (Phi) is 3.66. The van der Waals surface area contributed by atoms with Crippen LogP contribution in [-0.4, -0.2) is 33.0 Å². The molecule has 1 aliphatic rings. The van der Waals surface area contributed by atoms with Crippen molar-refractivity contribution in [1.29, 1.82) is 5.26 Å². The second kappa shape index (κ2) is 5.77. The lowest BCUT2D eigenvalue weighted by atomic mass is 10.1. The summed E-state index contributed by atoms with van der Waals surface area (Å²) in [5.74, 6) is -0.0355. The molecule has 1 aromatic heterocycles. The number of ketones is 1. The van der Waals surface area contributed by atoms with Gasteiger partial charge in [-0.3, -0.25) is 9.59 Å². The highest BCUT2D eigenvalue weighted by molar-refractivity contribution is 5.99. The maximum Gasteiger partial charge on any atom is 0.252 e. The summed E-state index contributed by atoms with van der Waals surface area (Å²) in [5.41, 5.74) is 1.25. The molecule has 2 aromatic rings. The van der Waals surface area contributed by atoms with E-state index < -0.39 is 0 Å². The molecule has 1 saturated heterocycles. The molecular formula is C15H13N5O2. The number of hydrogen-bond acceptors (Lipinski definition) is 5. The summed E-state index contributed by atoms with van der Waals surface area (Å²) in [6.07, 6.45) is 2.74. The van der Waals surface area contributed by atoms with Gasteiger partial charge in [0.05, 0.1) is 0 Å². The van der Waals surface area contributed by atoms with E-state index in [2.05, 4.69) is 10.1 Å². The summed E-state index contributed by atoms with van der Waals surface area (Å²) >= 11 is 0. The zero-order valence-electron chi connectivity index (χ0n) is 11.8. The summed E-state index contributed by atoms with van der Waals surface area (Å²) in [6, 6.07) is 8.81.